The minimum absolute atomic E-state index is 0.0716. The van der Waals surface area contributed by atoms with Crippen molar-refractivity contribution in [3.63, 3.8) is 0 Å². The lowest BCUT2D eigenvalue weighted by atomic mass is 9.77. The lowest BCUT2D eigenvalue weighted by Crippen LogP contribution is -2.58. The topological polar surface area (TPSA) is 68.3 Å². The molecule has 0 saturated heterocycles. The second-order valence-corrected chi connectivity index (χ2v) is 4.22. The van der Waals surface area contributed by atoms with Gasteiger partial charge in [0.25, 0.3) is 0 Å². The molecule has 1 unspecified atom stereocenters. The number of rotatable bonds is 3. The van der Waals surface area contributed by atoms with Crippen LogP contribution in [0.1, 0.15) is 38.0 Å². The molecule has 15 heavy (non-hydrogen) atoms. The third-order valence-corrected chi connectivity index (χ3v) is 3.02. The van der Waals surface area contributed by atoms with Crippen molar-refractivity contribution in [3.8, 4) is 0 Å². The van der Waals surface area contributed by atoms with E-state index in [9.17, 15) is 4.79 Å². The lowest BCUT2D eigenvalue weighted by molar-refractivity contribution is -0.130. The van der Waals surface area contributed by atoms with Crippen LogP contribution in [0.2, 0.25) is 0 Å². The van der Waals surface area contributed by atoms with Gasteiger partial charge in [-0.15, -0.1) is 0 Å². The predicted molar refractivity (Wildman–Crippen MR) is 56.0 cm³/mol. The van der Waals surface area contributed by atoms with E-state index in [1.807, 2.05) is 13.0 Å². The molecule has 82 valence electrons. The first-order chi connectivity index (χ1) is 7.12. The Morgan fingerprint density at radius 3 is 2.87 bits per heavy atom. The van der Waals surface area contributed by atoms with Crippen LogP contribution in [0.15, 0.2) is 22.8 Å². The maximum atomic E-state index is 11.8. The van der Waals surface area contributed by atoms with Gasteiger partial charge in [-0.05, 0) is 38.3 Å². The standard InChI is InChI=1S/C11H16N2O2/c1-8(9-4-2-7-15-9)13-10(14)11(12)5-3-6-11/h2,4,7-8H,3,5-6,12H2,1H3,(H,13,14). The van der Waals surface area contributed by atoms with Crippen molar-refractivity contribution >= 4 is 5.91 Å². The van der Waals surface area contributed by atoms with Crippen LogP contribution < -0.4 is 11.1 Å². The van der Waals surface area contributed by atoms with Crippen LogP contribution in [0.25, 0.3) is 0 Å². The number of carbonyl (C=O) groups is 1. The molecule has 1 saturated carbocycles. The number of hydrogen-bond acceptors (Lipinski definition) is 3. The zero-order valence-corrected chi connectivity index (χ0v) is 8.82. The van der Waals surface area contributed by atoms with Gasteiger partial charge in [-0.2, -0.15) is 0 Å². The summed E-state index contributed by atoms with van der Waals surface area (Å²) in [5.41, 5.74) is 5.27. The van der Waals surface area contributed by atoms with E-state index < -0.39 is 5.54 Å². The Hall–Kier alpha value is -1.29. The normalized spacial score (nSPS) is 20.4. The third-order valence-electron chi connectivity index (χ3n) is 3.02. The van der Waals surface area contributed by atoms with Gasteiger partial charge in [0.2, 0.25) is 5.91 Å². The zero-order chi connectivity index (χ0) is 10.9. The highest BCUT2D eigenvalue weighted by Crippen LogP contribution is 2.29. The smallest absolute Gasteiger partial charge is 0.240 e. The number of carbonyl (C=O) groups excluding carboxylic acids is 1. The lowest BCUT2D eigenvalue weighted by Gasteiger charge is -2.36. The third kappa shape index (κ3) is 1.90. The molecule has 1 heterocycles. The van der Waals surface area contributed by atoms with E-state index in [0.717, 1.165) is 25.0 Å². The number of nitrogens with one attached hydrogen (secondary N) is 1. The van der Waals surface area contributed by atoms with Gasteiger partial charge in [-0.3, -0.25) is 4.79 Å². The summed E-state index contributed by atoms with van der Waals surface area (Å²) in [5, 5.41) is 2.87. The molecule has 3 N–H and O–H groups in total. The van der Waals surface area contributed by atoms with E-state index in [1.54, 1.807) is 12.3 Å². The summed E-state index contributed by atoms with van der Waals surface area (Å²) < 4.78 is 5.20. The average Bonchev–Trinajstić information content (AvgIpc) is 2.66. The van der Waals surface area contributed by atoms with Crippen molar-refractivity contribution < 1.29 is 9.21 Å². The second kappa shape index (κ2) is 3.70. The van der Waals surface area contributed by atoms with Gasteiger partial charge in [0.15, 0.2) is 0 Å². The number of amides is 1. The minimum Gasteiger partial charge on any atom is -0.467 e. The fourth-order valence-corrected chi connectivity index (χ4v) is 1.73. The van der Waals surface area contributed by atoms with E-state index in [4.69, 9.17) is 10.2 Å². The largest absolute Gasteiger partial charge is 0.467 e. The van der Waals surface area contributed by atoms with Gasteiger partial charge in [0, 0.05) is 0 Å². The Kier molecular flexibility index (Phi) is 2.52. The molecule has 0 aromatic carbocycles. The van der Waals surface area contributed by atoms with Crippen LogP contribution in [0.5, 0.6) is 0 Å². The van der Waals surface area contributed by atoms with Crippen molar-refractivity contribution in [1.82, 2.24) is 5.32 Å². The highest BCUT2D eigenvalue weighted by atomic mass is 16.3. The number of furan rings is 1. The molecule has 1 amide bonds. The quantitative estimate of drug-likeness (QED) is 0.787. The summed E-state index contributed by atoms with van der Waals surface area (Å²) in [6.45, 7) is 1.89. The summed E-state index contributed by atoms with van der Waals surface area (Å²) in [6.07, 6.45) is 4.20. The second-order valence-electron chi connectivity index (χ2n) is 4.22. The summed E-state index contributed by atoms with van der Waals surface area (Å²) in [6, 6.07) is 3.53. The van der Waals surface area contributed by atoms with Crippen LogP contribution >= 0.6 is 0 Å². The molecule has 0 radical (unpaired) electrons. The van der Waals surface area contributed by atoms with Crippen LogP contribution in [-0.4, -0.2) is 11.4 Å². The molecule has 1 atom stereocenters. The summed E-state index contributed by atoms with van der Waals surface area (Å²) >= 11 is 0. The zero-order valence-electron chi connectivity index (χ0n) is 8.82. The van der Waals surface area contributed by atoms with Crippen molar-refractivity contribution in [1.29, 1.82) is 0 Å². The summed E-state index contributed by atoms with van der Waals surface area (Å²) in [4.78, 5) is 11.8. The molecule has 1 fully saturated rings. The van der Waals surface area contributed by atoms with E-state index in [0.29, 0.717) is 0 Å². The predicted octanol–water partition coefficient (Wildman–Crippen LogP) is 1.34. The molecule has 4 heteroatoms. The van der Waals surface area contributed by atoms with Gasteiger partial charge in [0.1, 0.15) is 5.76 Å². The van der Waals surface area contributed by atoms with Crippen LogP contribution in [-0.2, 0) is 4.79 Å². The fraction of sp³-hybridized carbons (Fsp3) is 0.545. The van der Waals surface area contributed by atoms with E-state index in [2.05, 4.69) is 5.32 Å². The molecule has 1 aliphatic carbocycles. The molecular formula is C11H16N2O2. The number of nitrogens with two attached hydrogens (primary N) is 1. The molecule has 4 nitrogen and oxygen atoms in total. The summed E-state index contributed by atoms with van der Waals surface area (Å²) in [5.74, 6) is 0.684. The van der Waals surface area contributed by atoms with E-state index >= 15 is 0 Å². The molecule has 0 aliphatic heterocycles. The van der Waals surface area contributed by atoms with Crippen molar-refractivity contribution in [2.45, 2.75) is 37.8 Å². The number of hydrogen-bond donors (Lipinski definition) is 2. The van der Waals surface area contributed by atoms with Crippen molar-refractivity contribution in [3.05, 3.63) is 24.2 Å². The van der Waals surface area contributed by atoms with Crippen molar-refractivity contribution in [2.75, 3.05) is 0 Å². The first-order valence-corrected chi connectivity index (χ1v) is 5.25. The van der Waals surface area contributed by atoms with Gasteiger partial charge < -0.3 is 15.5 Å². The van der Waals surface area contributed by atoms with E-state index in [1.165, 1.54) is 0 Å². The molecule has 1 aliphatic rings. The molecule has 1 aromatic heterocycles. The highest BCUT2D eigenvalue weighted by molar-refractivity contribution is 5.87. The fourth-order valence-electron chi connectivity index (χ4n) is 1.73. The Labute approximate surface area is 88.8 Å². The first kappa shape index (κ1) is 10.2. The van der Waals surface area contributed by atoms with Gasteiger partial charge in [0.05, 0.1) is 17.8 Å². The summed E-state index contributed by atoms with van der Waals surface area (Å²) in [7, 11) is 0. The van der Waals surface area contributed by atoms with Gasteiger partial charge in [-0.1, -0.05) is 0 Å². The van der Waals surface area contributed by atoms with Crippen LogP contribution in [0.4, 0.5) is 0 Å². The van der Waals surface area contributed by atoms with Crippen molar-refractivity contribution in [2.24, 2.45) is 5.73 Å². The van der Waals surface area contributed by atoms with Crippen LogP contribution in [0, 0.1) is 0 Å². The highest BCUT2D eigenvalue weighted by Gasteiger charge is 2.40. The van der Waals surface area contributed by atoms with Gasteiger partial charge >= 0.3 is 0 Å². The molecule has 1 aromatic rings. The van der Waals surface area contributed by atoms with E-state index in [-0.39, 0.29) is 11.9 Å². The van der Waals surface area contributed by atoms with Gasteiger partial charge in [-0.25, -0.2) is 0 Å². The Bertz CT molecular complexity index is 341. The average molecular weight is 208 g/mol. The van der Waals surface area contributed by atoms with Crippen LogP contribution in [0.3, 0.4) is 0 Å². The monoisotopic (exact) mass is 208 g/mol. The minimum atomic E-state index is -0.638. The maximum Gasteiger partial charge on any atom is 0.240 e. The Balaban J connectivity index is 1.94. The Morgan fingerprint density at radius 1 is 1.67 bits per heavy atom. The molecule has 2 rings (SSSR count). The maximum absolute atomic E-state index is 11.8. The molecule has 0 spiro atoms. The molecule has 0 bridgehead atoms. The molecular weight excluding hydrogens is 192 g/mol. The first-order valence-electron chi connectivity index (χ1n) is 5.25. The SMILES string of the molecule is CC(NC(=O)C1(N)CCC1)c1ccco1. The Morgan fingerprint density at radius 2 is 2.40 bits per heavy atom.